The number of sulfonamides is 1. The van der Waals surface area contributed by atoms with E-state index < -0.39 is 14.9 Å². The molecule has 0 saturated carbocycles. The molecule has 2 aromatic rings. The Morgan fingerprint density at radius 1 is 1.21 bits per heavy atom. The summed E-state index contributed by atoms with van der Waals surface area (Å²) < 4.78 is 46.2. The number of non-ortho nitro benzene ring substituents is 1. The topological polar surface area (TPSA) is 102 Å². The van der Waals surface area contributed by atoms with Gasteiger partial charge in [-0.15, -0.1) is 0 Å². The van der Waals surface area contributed by atoms with Gasteiger partial charge in [-0.2, -0.15) is 4.31 Å². The van der Waals surface area contributed by atoms with Gasteiger partial charge in [0.25, 0.3) is 5.69 Å². The van der Waals surface area contributed by atoms with E-state index in [1.165, 1.54) is 22.5 Å². The second kappa shape index (κ2) is 8.21. The molecule has 0 spiro atoms. The molecule has 0 aromatic heterocycles. The van der Waals surface area contributed by atoms with Gasteiger partial charge in [0.05, 0.1) is 23.8 Å². The zero-order valence-corrected chi connectivity index (χ0v) is 16.0. The summed E-state index contributed by atoms with van der Waals surface area (Å²) in [6.07, 6.45) is 0. The fraction of sp³-hybridized carbons (Fsp3) is 0.333. The van der Waals surface area contributed by atoms with Crippen molar-refractivity contribution in [2.24, 2.45) is 0 Å². The van der Waals surface area contributed by atoms with Crippen LogP contribution in [-0.2, 0) is 21.3 Å². The Hall–Kier alpha value is -2.56. The van der Waals surface area contributed by atoms with E-state index >= 15 is 0 Å². The molecular formula is C18H20FN3O5S. The van der Waals surface area contributed by atoms with Crippen LogP contribution < -0.4 is 5.32 Å². The lowest BCUT2D eigenvalue weighted by Crippen LogP contribution is -2.40. The summed E-state index contributed by atoms with van der Waals surface area (Å²) in [7, 11) is -3.96. The van der Waals surface area contributed by atoms with Crippen molar-refractivity contribution in [2.45, 2.75) is 18.4 Å². The first-order chi connectivity index (χ1) is 13.3. The molecule has 0 aliphatic carbocycles. The molecule has 0 radical (unpaired) electrons. The van der Waals surface area contributed by atoms with Gasteiger partial charge in [-0.05, 0) is 30.2 Å². The van der Waals surface area contributed by atoms with Crippen molar-refractivity contribution < 1.29 is 22.5 Å². The molecule has 0 atom stereocenters. The lowest BCUT2D eigenvalue weighted by Gasteiger charge is -2.27. The second-order valence-corrected chi connectivity index (χ2v) is 8.30. The zero-order valence-electron chi connectivity index (χ0n) is 15.2. The van der Waals surface area contributed by atoms with Crippen molar-refractivity contribution in [2.75, 3.05) is 31.6 Å². The molecule has 1 aliphatic heterocycles. The van der Waals surface area contributed by atoms with Crippen LogP contribution in [0.4, 0.5) is 15.8 Å². The third-order valence-corrected chi connectivity index (χ3v) is 6.42. The highest BCUT2D eigenvalue weighted by molar-refractivity contribution is 7.89. The number of nitrogens with one attached hydrogen (secondary N) is 1. The molecule has 10 heteroatoms. The van der Waals surface area contributed by atoms with Crippen molar-refractivity contribution in [1.29, 1.82) is 0 Å². The molecule has 2 aromatic carbocycles. The van der Waals surface area contributed by atoms with Crippen molar-refractivity contribution in [1.82, 2.24) is 4.31 Å². The minimum atomic E-state index is -3.96. The fourth-order valence-corrected chi connectivity index (χ4v) is 4.45. The summed E-state index contributed by atoms with van der Waals surface area (Å²) in [6, 6.07) is 8.36. The molecule has 1 fully saturated rings. The van der Waals surface area contributed by atoms with Gasteiger partial charge in [0.15, 0.2) is 0 Å². The van der Waals surface area contributed by atoms with Gasteiger partial charge >= 0.3 is 0 Å². The summed E-state index contributed by atoms with van der Waals surface area (Å²) in [4.78, 5) is 10.3. The van der Waals surface area contributed by atoms with E-state index in [1.807, 2.05) is 0 Å². The van der Waals surface area contributed by atoms with Crippen molar-refractivity contribution in [3.8, 4) is 0 Å². The molecule has 1 aliphatic rings. The van der Waals surface area contributed by atoms with E-state index in [9.17, 15) is 22.9 Å². The van der Waals surface area contributed by atoms with Crippen molar-refractivity contribution in [3.05, 3.63) is 63.5 Å². The number of anilines is 1. The van der Waals surface area contributed by atoms with E-state index in [4.69, 9.17) is 4.74 Å². The highest BCUT2D eigenvalue weighted by Crippen LogP contribution is 2.30. The maximum atomic E-state index is 13.7. The first-order valence-electron chi connectivity index (χ1n) is 8.64. The van der Waals surface area contributed by atoms with Gasteiger partial charge < -0.3 is 10.1 Å². The Morgan fingerprint density at radius 2 is 1.93 bits per heavy atom. The van der Waals surface area contributed by atoms with Crippen LogP contribution in [0.15, 0.2) is 41.3 Å². The molecular weight excluding hydrogens is 389 g/mol. The smallest absolute Gasteiger partial charge is 0.270 e. The largest absolute Gasteiger partial charge is 0.380 e. The lowest BCUT2D eigenvalue weighted by molar-refractivity contribution is -0.385. The normalized spacial score (nSPS) is 15.4. The van der Waals surface area contributed by atoms with Gasteiger partial charge in [-0.25, -0.2) is 12.8 Å². The predicted octanol–water partition coefficient (Wildman–Crippen LogP) is 2.68. The quantitative estimate of drug-likeness (QED) is 0.581. The Kier molecular flexibility index (Phi) is 5.92. The van der Waals surface area contributed by atoms with Gasteiger partial charge in [-0.1, -0.05) is 12.1 Å². The average molecular weight is 409 g/mol. The number of ether oxygens (including phenoxy) is 1. The fourth-order valence-electron chi connectivity index (χ4n) is 2.85. The number of nitro benzene ring substituents is 1. The maximum Gasteiger partial charge on any atom is 0.270 e. The lowest BCUT2D eigenvalue weighted by atomic mass is 10.1. The summed E-state index contributed by atoms with van der Waals surface area (Å²) in [6.45, 7) is 2.69. The molecule has 3 rings (SSSR count). The van der Waals surface area contributed by atoms with Crippen LogP contribution >= 0.6 is 0 Å². The van der Waals surface area contributed by atoms with Gasteiger partial charge in [0.2, 0.25) is 10.0 Å². The highest BCUT2D eigenvalue weighted by Gasteiger charge is 2.30. The van der Waals surface area contributed by atoms with Crippen LogP contribution in [0.1, 0.15) is 11.1 Å². The first-order valence-corrected chi connectivity index (χ1v) is 10.1. The number of hydrogen-bond donors (Lipinski definition) is 1. The number of aryl methyl sites for hydroxylation is 1. The van der Waals surface area contributed by atoms with Crippen LogP contribution in [0.5, 0.6) is 0 Å². The maximum absolute atomic E-state index is 13.7. The molecule has 28 heavy (non-hydrogen) atoms. The minimum absolute atomic E-state index is 0.167. The number of nitrogens with zero attached hydrogens (tertiary/aromatic N) is 2. The molecule has 1 heterocycles. The van der Waals surface area contributed by atoms with Crippen LogP contribution in [-0.4, -0.2) is 43.9 Å². The number of nitro groups is 1. The van der Waals surface area contributed by atoms with Crippen LogP contribution in [0, 0.1) is 22.9 Å². The summed E-state index contributed by atoms with van der Waals surface area (Å²) >= 11 is 0. The van der Waals surface area contributed by atoms with Crippen LogP contribution in [0.25, 0.3) is 0 Å². The molecule has 1 N–H and O–H groups in total. The predicted molar refractivity (Wildman–Crippen MR) is 101 cm³/mol. The van der Waals surface area contributed by atoms with Gasteiger partial charge in [0, 0.05) is 31.8 Å². The molecule has 8 nitrogen and oxygen atoms in total. The third-order valence-electron chi connectivity index (χ3n) is 4.48. The molecule has 150 valence electrons. The second-order valence-electron chi connectivity index (χ2n) is 6.39. The number of rotatable bonds is 6. The Bertz CT molecular complexity index is 991. The summed E-state index contributed by atoms with van der Waals surface area (Å²) in [5, 5.41) is 14.1. The van der Waals surface area contributed by atoms with Crippen molar-refractivity contribution in [3.63, 3.8) is 0 Å². The van der Waals surface area contributed by atoms with Gasteiger partial charge in [-0.3, -0.25) is 10.1 Å². The summed E-state index contributed by atoms with van der Waals surface area (Å²) in [5.41, 5.74) is 1.03. The number of hydrogen-bond acceptors (Lipinski definition) is 6. The van der Waals surface area contributed by atoms with Crippen LogP contribution in [0.3, 0.4) is 0 Å². The SMILES string of the molecule is Cc1ccc(CNc2ccc([N+](=O)[O-])cc2S(=O)(=O)N2CCOCC2)cc1F. The Labute approximate surface area is 162 Å². The molecule has 0 bridgehead atoms. The molecule has 1 saturated heterocycles. The van der Waals surface area contributed by atoms with Crippen LogP contribution in [0.2, 0.25) is 0 Å². The van der Waals surface area contributed by atoms with E-state index in [0.717, 1.165) is 6.07 Å². The average Bonchev–Trinajstić information content (AvgIpc) is 2.69. The van der Waals surface area contributed by atoms with E-state index in [0.29, 0.717) is 11.1 Å². The van der Waals surface area contributed by atoms with Crippen molar-refractivity contribution >= 4 is 21.4 Å². The van der Waals surface area contributed by atoms with E-state index in [1.54, 1.807) is 19.1 Å². The van der Waals surface area contributed by atoms with E-state index in [-0.39, 0.29) is 54.9 Å². The monoisotopic (exact) mass is 409 g/mol. The molecule has 0 unspecified atom stereocenters. The number of benzene rings is 2. The first kappa shape index (κ1) is 20.2. The van der Waals surface area contributed by atoms with E-state index in [2.05, 4.69) is 5.32 Å². The number of halogens is 1. The summed E-state index contributed by atoms with van der Waals surface area (Å²) in [5.74, 6) is -0.357. The molecule has 0 amide bonds. The van der Waals surface area contributed by atoms with Gasteiger partial charge in [0.1, 0.15) is 10.7 Å². The number of morpholine rings is 1. The zero-order chi connectivity index (χ0) is 20.3. The third kappa shape index (κ3) is 4.29. The highest BCUT2D eigenvalue weighted by atomic mass is 32.2. The Balaban J connectivity index is 1.93. The Morgan fingerprint density at radius 3 is 2.57 bits per heavy atom. The standard InChI is InChI=1S/C18H20FN3O5S/c1-13-2-3-14(10-16(13)19)12-20-17-5-4-15(22(23)24)11-18(17)28(25,26)21-6-8-27-9-7-21/h2-5,10-11,20H,6-9,12H2,1H3. The minimum Gasteiger partial charge on any atom is -0.380 e.